The first-order valence-corrected chi connectivity index (χ1v) is 7.29. The highest BCUT2D eigenvalue weighted by Crippen LogP contribution is 2.22. The molecular weight excluding hydrogens is 300 g/mol. The van der Waals surface area contributed by atoms with E-state index in [-0.39, 0.29) is 18.4 Å². The van der Waals surface area contributed by atoms with Crippen LogP contribution < -0.4 is 10.2 Å². The van der Waals surface area contributed by atoms with Gasteiger partial charge >= 0.3 is 0 Å². The number of benzene rings is 2. The van der Waals surface area contributed by atoms with Crippen molar-refractivity contribution in [3.8, 4) is 5.75 Å². The van der Waals surface area contributed by atoms with E-state index >= 15 is 0 Å². The minimum atomic E-state index is -0.337. The molecular formula is C17H17ClN2O2. The van der Waals surface area contributed by atoms with Crippen LogP contribution in [-0.2, 0) is 4.79 Å². The highest BCUT2D eigenvalue weighted by molar-refractivity contribution is 6.32. The molecule has 114 valence electrons. The summed E-state index contributed by atoms with van der Waals surface area (Å²) in [6.07, 6.45) is 1.68. The minimum absolute atomic E-state index is 0.117. The van der Waals surface area contributed by atoms with Crippen molar-refractivity contribution in [2.24, 2.45) is 5.10 Å². The topological polar surface area (TPSA) is 50.7 Å². The van der Waals surface area contributed by atoms with E-state index in [2.05, 4.69) is 10.5 Å². The Morgan fingerprint density at radius 1 is 1.23 bits per heavy atom. The number of para-hydroxylation sites is 1. The highest BCUT2D eigenvalue weighted by atomic mass is 35.5. The average molecular weight is 317 g/mol. The molecule has 0 aromatic heterocycles. The van der Waals surface area contributed by atoms with E-state index < -0.39 is 0 Å². The fraction of sp³-hybridized carbons (Fsp3) is 0.176. The van der Waals surface area contributed by atoms with Gasteiger partial charge < -0.3 is 4.74 Å². The maximum absolute atomic E-state index is 11.7. The fourth-order valence-corrected chi connectivity index (χ4v) is 1.99. The van der Waals surface area contributed by atoms with Gasteiger partial charge in [0, 0.05) is 12.1 Å². The van der Waals surface area contributed by atoms with E-state index in [0.29, 0.717) is 10.8 Å². The lowest BCUT2D eigenvalue weighted by molar-refractivity contribution is -0.123. The quantitative estimate of drug-likeness (QED) is 0.653. The molecule has 2 rings (SSSR count). The zero-order chi connectivity index (χ0) is 15.8. The second kappa shape index (κ2) is 8.20. The summed E-state index contributed by atoms with van der Waals surface area (Å²) in [6.45, 7) is 1.87. The smallest absolute Gasteiger partial charge is 0.277 e. The molecule has 0 saturated heterocycles. The van der Waals surface area contributed by atoms with Crippen molar-refractivity contribution in [2.75, 3.05) is 6.61 Å². The minimum Gasteiger partial charge on any atom is -0.482 e. The van der Waals surface area contributed by atoms with Crippen LogP contribution >= 0.6 is 11.6 Å². The van der Waals surface area contributed by atoms with Crippen molar-refractivity contribution in [3.63, 3.8) is 0 Å². The summed E-state index contributed by atoms with van der Waals surface area (Å²) in [5.74, 6) is 0.253. The number of amides is 1. The molecule has 1 atom stereocenters. The zero-order valence-corrected chi connectivity index (χ0v) is 13.0. The van der Waals surface area contributed by atoms with Gasteiger partial charge in [0.25, 0.3) is 5.91 Å². The summed E-state index contributed by atoms with van der Waals surface area (Å²) in [7, 11) is 0. The normalized spacial score (nSPS) is 12.1. The zero-order valence-electron chi connectivity index (χ0n) is 12.2. The Morgan fingerprint density at radius 2 is 1.91 bits per heavy atom. The van der Waals surface area contributed by atoms with Crippen LogP contribution in [0.3, 0.4) is 0 Å². The molecule has 0 unspecified atom stereocenters. The number of ether oxygens (including phenoxy) is 1. The maximum atomic E-state index is 11.7. The molecule has 0 saturated carbocycles. The fourth-order valence-electron chi connectivity index (χ4n) is 1.80. The summed E-state index contributed by atoms with van der Waals surface area (Å²) >= 11 is 5.94. The van der Waals surface area contributed by atoms with Crippen molar-refractivity contribution < 1.29 is 9.53 Å². The Balaban J connectivity index is 1.78. The molecule has 0 heterocycles. The van der Waals surface area contributed by atoms with Gasteiger partial charge in [-0.25, -0.2) is 5.43 Å². The summed E-state index contributed by atoms with van der Waals surface area (Å²) in [6, 6.07) is 16.9. The van der Waals surface area contributed by atoms with Crippen LogP contribution in [0.5, 0.6) is 5.75 Å². The molecule has 1 N–H and O–H groups in total. The van der Waals surface area contributed by atoms with Gasteiger partial charge in [0.2, 0.25) is 0 Å². The number of nitrogens with one attached hydrogen (secondary N) is 1. The first-order chi connectivity index (χ1) is 10.7. The SMILES string of the molecule is C[C@H](/C=N\NC(=O)COc1ccccc1Cl)c1ccccc1. The lowest BCUT2D eigenvalue weighted by Crippen LogP contribution is -2.24. The van der Waals surface area contributed by atoms with Crippen LogP contribution in [0.1, 0.15) is 18.4 Å². The summed E-state index contributed by atoms with van der Waals surface area (Å²) < 4.78 is 5.32. The Hall–Kier alpha value is -2.33. The molecule has 0 radical (unpaired) electrons. The number of hydrogen-bond acceptors (Lipinski definition) is 3. The van der Waals surface area contributed by atoms with Gasteiger partial charge in [-0.2, -0.15) is 5.10 Å². The first-order valence-electron chi connectivity index (χ1n) is 6.91. The number of halogens is 1. The third-order valence-corrected chi connectivity index (χ3v) is 3.32. The number of hydrazone groups is 1. The molecule has 0 aliphatic rings. The Bertz CT molecular complexity index is 644. The van der Waals surface area contributed by atoms with Crippen LogP contribution in [0.25, 0.3) is 0 Å². The predicted octanol–water partition coefficient (Wildman–Crippen LogP) is 3.62. The van der Waals surface area contributed by atoms with E-state index in [1.165, 1.54) is 0 Å². The lowest BCUT2D eigenvalue weighted by atomic mass is 10.0. The maximum Gasteiger partial charge on any atom is 0.277 e. The van der Waals surface area contributed by atoms with Gasteiger partial charge in [-0.1, -0.05) is 61.0 Å². The third-order valence-electron chi connectivity index (χ3n) is 3.01. The van der Waals surface area contributed by atoms with Gasteiger partial charge in [-0.05, 0) is 17.7 Å². The standard InChI is InChI=1S/C17H17ClN2O2/c1-13(14-7-3-2-4-8-14)11-19-20-17(21)12-22-16-10-6-5-9-15(16)18/h2-11,13H,12H2,1H3,(H,20,21)/b19-11-/t13-/m1/s1. The second-order valence-electron chi connectivity index (χ2n) is 4.73. The first kappa shape index (κ1) is 16.0. The molecule has 0 aliphatic carbocycles. The van der Waals surface area contributed by atoms with Crippen LogP contribution in [0.2, 0.25) is 5.02 Å². The molecule has 0 spiro atoms. The monoisotopic (exact) mass is 316 g/mol. The van der Waals surface area contributed by atoms with Crippen LogP contribution in [0.15, 0.2) is 59.7 Å². The number of carbonyl (C=O) groups excluding carboxylic acids is 1. The predicted molar refractivity (Wildman–Crippen MR) is 88.4 cm³/mol. The van der Waals surface area contributed by atoms with E-state index in [1.807, 2.05) is 37.3 Å². The van der Waals surface area contributed by atoms with Gasteiger partial charge in [0.1, 0.15) is 5.75 Å². The van der Waals surface area contributed by atoms with Gasteiger partial charge in [0.05, 0.1) is 5.02 Å². The van der Waals surface area contributed by atoms with Gasteiger partial charge in [-0.3, -0.25) is 4.79 Å². The molecule has 1 amide bonds. The molecule has 2 aromatic rings. The average Bonchev–Trinajstić information content (AvgIpc) is 2.55. The highest BCUT2D eigenvalue weighted by Gasteiger charge is 2.05. The number of rotatable bonds is 6. The van der Waals surface area contributed by atoms with Crippen LogP contribution in [0, 0.1) is 0 Å². The second-order valence-corrected chi connectivity index (χ2v) is 5.14. The molecule has 0 fully saturated rings. The Labute approximate surface area is 134 Å². The van der Waals surface area contributed by atoms with E-state index in [9.17, 15) is 4.79 Å². The van der Waals surface area contributed by atoms with E-state index in [0.717, 1.165) is 5.56 Å². The summed E-state index contributed by atoms with van der Waals surface area (Å²) in [5, 5.41) is 4.41. The third kappa shape index (κ3) is 4.90. The lowest BCUT2D eigenvalue weighted by Gasteiger charge is -2.07. The van der Waals surface area contributed by atoms with Crippen molar-refractivity contribution in [1.82, 2.24) is 5.43 Å². The molecule has 4 nitrogen and oxygen atoms in total. The number of nitrogens with zero attached hydrogens (tertiary/aromatic N) is 1. The molecule has 5 heteroatoms. The van der Waals surface area contributed by atoms with Gasteiger partial charge in [-0.15, -0.1) is 0 Å². The number of hydrogen-bond donors (Lipinski definition) is 1. The van der Waals surface area contributed by atoms with Crippen molar-refractivity contribution in [1.29, 1.82) is 0 Å². The van der Waals surface area contributed by atoms with Crippen LogP contribution in [0.4, 0.5) is 0 Å². The number of carbonyl (C=O) groups is 1. The molecule has 0 bridgehead atoms. The molecule has 2 aromatic carbocycles. The van der Waals surface area contributed by atoms with E-state index in [4.69, 9.17) is 16.3 Å². The van der Waals surface area contributed by atoms with Crippen molar-refractivity contribution in [2.45, 2.75) is 12.8 Å². The largest absolute Gasteiger partial charge is 0.482 e. The van der Waals surface area contributed by atoms with Crippen LogP contribution in [-0.4, -0.2) is 18.7 Å². The van der Waals surface area contributed by atoms with Crippen molar-refractivity contribution in [3.05, 3.63) is 65.2 Å². The molecule has 22 heavy (non-hydrogen) atoms. The summed E-state index contributed by atoms with van der Waals surface area (Å²) in [4.78, 5) is 11.7. The summed E-state index contributed by atoms with van der Waals surface area (Å²) in [5.41, 5.74) is 3.57. The molecule has 0 aliphatic heterocycles. The van der Waals surface area contributed by atoms with E-state index in [1.54, 1.807) is 30.5 Å². The Morgan fingerprint density at radius 3 is 2.64 bits per heavy atom. The Kier molecular flexibility index (Phi) is 5.98. The van der Waals surface area contributed by atoms with Crippen molar-refractivity contribution >= 4 is 23.7 Å². The van der Waals surface area contributed by atoms with Gasteiger partial charge in [0.15, 0.2) is 6.61 Å².